The molecule has 0 aliphatic carbocycles. The molecule has 1 fully saturated rings. The lowest BCUT2D eigenvalue weighted by atomic mass is 10.1. The Labute approximate surface area is 123 Å². The van der Waals surface area contributed by atoms with E-state index in [1.165, 1.54) is 4.31 Å². The quantitative estimate of drug-likeness (QED) is 0.853. The summed E-state index contributed by atoms with van der Waals surface area (Å²) in [5.41, 5.74) is 0.643. The van der Waals surface area contributed by atoms with E-state index in [2.05, 4.69) is 11.1 Å². The summed E-state index contributed by atoms with van der Waals surface area (Å²) in [5, 5.41) is 9.82. The molecule has 1 aromatic carbocycles. The molecule has 6 heteroatoms. The maximum Gasteiger partial charge on any atom is 0.244 e. The minimum Gasteiger partial charge on any atom is -0.256 e. The summed E-state index contributed by atoms with van der Waals surface area (Å²) < 4.78 is 27.2. The first-order chi connectivity index (χ1) is 10.1. The van der Waals surface area contributed by atoms with Crippen molar-refractivity contribution in [1.82, 2.24) is 9.29 Å². The fourth-order valence-corrected chi connectivity index (χ4v) is 4.56. The first-order valence-electron chi connectivity index (χ1n) is 6.90. The Bertz CT molecular complexity index is 806. The molecule has 1 atom stereocenters. The van der Waals surface area contributed by atoms with Crippen LogP contribution in [0.15, 0.2) is 41.4 Å². The number of hydrogen-bond acceptors (Lipinski definition) is 4. The van der Waals surface area contributed by atoms with Crippen LogP contribution in [0.5, 0.6) is 0 Å². The summed E-state index contributed by atoms with van der Waals surface area (Å²) in [4.78, 5) is 4.42. The van der Waals surface area contributed by atoms with Gasteiger partial charge in [-0.05, 0) is 43.5 Å². The van der Waals surface area contributed by atoms with Gasteiger partial charge in [0.2, 0.25) is 10.0 Å². The number of nitriles is 1. The summed E-state index contributed by atoms with van der Waals surface area (Å²) in [6.07, 6.45) is 3.91. The maximum atomic E-state index is 12.9. The summed E-state index contributed by atoms with van der Waals surface area (Å²) in [7, 11) is -3.68. The largest absolute Gasteiger partial charge is 0.256 e. The second-order valence-electron chi connectivity index (χ2n) is 5.08. The lowest BCUT2D eigenvalue weighted by molar-refractivity contribution is 0.297. The van der Waals surface area contributed by atoms with E-state index in [9.17, 15) is 13.7 Å². The van der Waals surface area contributed by atoms with Crippen molar-refractivity contribution in [3.63, 3.8) is 0 Å². The Morgan fingerprint density at radius 3 is 2.90 bits per heavy atom. The van der Waals surface area contributed by atoms with Gasteiger partial charge in [-0.2, -0.15) is 9.57 Å². The minimum absolute atomic E-state index is 0.232. The van der Waals surface area contributed by atoms with Crippen LogP contribution in [0, 0.1) is 11.3 Å². The van der Waals surface area contributed by atoms with E-state index in [4.69, 9.17) is 0 Å². The van der Waals surface area contributed by atoms with Gasteiger partial charge in [0.25, 0.3) is 0 Å². The van der Waals surface area contributed by atoms with Gasteiger partial charge in [-0.3, -0.25) is 4.98 Å². The molecule has 3 rings (SSSR count). The number of sulfonamides is 1. The molecule has 5 nitrogen and oxygen atoms in total. The Kier molecular flexibility index (Phi) is 3.62. The number of benzene rings is 1. The number of rotatable bonds is 2. The highest BCUT2D eigenvalue weighted by atomic mass is 32.2. The third-order valence-corrected chi connectivity index (χ3v) is 5.76. The van der Waals surface area contributed by atoms with Crippen LogP contribution in [0.2, 0.25) is 0 Å². The molecule has 0 bridgehead atoms. The second-order valence-corrected chi connectivity index (χ2v) is 6.94. The average Bonchev–Trinajstić information content (AvgIpc) is 2.54. The van der Waals surface area contributed by atoms with Gasteiger partial charge in [0.15, 0.2) is 0 Å². The number of fused-ring (bicyclic) bond motifs is 1. The van der Waals surface area contributed by atoms with E-state index in [-0.39, 0.29) is 4.90 Å². The molecule has 2 heterocycles. The van der Waals surface area contributed by atoms with Crippen LogP contribution in [-0.4, -0.2) is 30.3 Å². The first-order valence-corrected chi connectivity index (χ1v) is 8.34. The van der Waals surface area contributed by atoms with Crippen molar-refractivity contribution in [1.29, 1.82) is 5.26 Å². The van der Waals surface area contributed by atoms with Crippen molar-refractivity contribution in [2.24, 2.45) is 0 Å². The molecule has 0 radical (unpaired) electrons. The molecule has 1 aliphatic rings. The minimum atomic E-state index is -3.68. The van der Waals surface area contributed by atoms with Gasteiger partial charge in [0.1, 0.15) is 6.04 Å². The van der Waals surface area contributed by atoms with Gasteiger partial charge in [-0.25, -0.2) is 8.42 Å². The molecule has 108 valence electrons. The van der Waals surface area contributed by atoms with E-state index < -0.39 is 16.1 Å². The molecule has 0 spiro atoms. The van der Waals surface area contributed by atoms with Gasteiger partial charge in [0, 0.05) is 18.1 Å². The van der Waals surface area contributed by atoms with Crippen LogP contribution < -0.4 is 0 Å². The lowest BCUT2D eigenvalue weighted by Crippen LogP contribution is -2.42. The Balaban J connectivity index is 2.14. The van der Waals surface area contributed by atoms with Gasteiger partial charge in [0.05, 0.1) is 16.5 Å². The summed E-state index contributed by atoms with van der Waals surface area (Å²) in [6, 6.07) is 10.1. The van der Waals surface area contributed by atoms with E-state index in [0.717, 1.165) is 12.8 Å². The predicted molar refractivity (Wildman–Crippen MR) is 78.9 cm³/mol. The number of aromatic nitrogens is 1. The maximum absolute atomic E-state index is 12.9. The zero-order valence-corrected chi connectivity index (χ0v) is 12.3. The van der Waals surface area contributed by atoms with Crippen molar-refractivity contribution >= 4 is 20.9 Å². The van der Waals surface area contributed by atoms with E-state index in [1.807, 2.05) is 0 Å². The third kappa shape index (κ3) is 2.39. The number of pyridine rings is 1. The van der Waals surface area contributed by atoms with E-state index in [0.29, 0.717) is 23.9 Å². The van der Waals surface area contributed by atoms with Gasteiger partial charge >= 0.3 is 0 Å². The normalized spacial score (nSPS) is 20.2. The standard InChI is InChI=1S/C15H15N3O2S/c16-11-12-5-1-2-10-18(12)21(19,20)15-8-3-7-14-13(15)6-4-9-17-14/h3-4,6-9,12H,1-2,5,10H2. The van der Waals surface area contributed by atoms with Gasteiger partial charge < -0.3 is 0 Å². The van der Waals surface area contributed by atoms with Crippen LogP contribution in [0.25, 0.3) is 10.9 Å². The summed E-state index contributed by atoms with van der Waals surface area (Å²) in [5.74, 6) is 0. The van der Waals surface area contributed by atoms with Crippen molar-refractivity contribution in [2.75, 3.05) is 6.54 Å². The van der Waals surface area contributed by atoms with Crippen LogP contribution in [0.4, 0.5) is 0 Å². The molecule has 21 heavy (non-hydrogen) atoms. The Morgan fingerprint density at radius 1 is 1.24 bits per heavy atom. The van der Waals surface area contributed by atoms with E-state index >= 15 is 0 Å². The van der Waals surface area contributed by atoms with Crippen LogP contribution in [-0.2, 0) is 10.0 Å². The SMILES string of the molecule is N#CC1CCCCN1S(=O)(=O)c1cccc2ncccc12. The van der Waals surface area contributed by atoms with Crippen LogP contribution in [0.3, 0.4) is 0 Å². The highest BCUT2D eigenvalue weighted by Gasteiger charge is 2.34. The number of piperidine rings is 1. The van der Waals surface area contributed by atoms with Crippen molar-refractivity contribution in [3.05, 3.63) is 36.5 Å². The number of nitrogens with zero attached hydrogens (tertiary/aromatic N) is 3. The molecule has 1 unspecified atom stereocenters. The van der Waals surface area contributed by atoms with Crippen LogP contribution in [0.1, 0.15) is 19.3 Å². The zero-order valence-electron chi connectivity index (χ0n) is 11.4. The molecule has 1 aromatic heterocycles. The molecule has 1 aliphatic heterocycles. The van der Waals surface area contributed by atoms with Crippen molar-refractivity contribution in [2.45, 2.75) is 30.2 Å². The fourth-order valence-electron chi connectivity index (χ4n) is 2.75. The average molecular weight is 301 g/mol. The van der Waals surface area contributed by atoms with Crippen LogP contribution >= 0.6 is 0 Å². The first kappa shape index (κ1) is 14.0. The Morgan fingerprint density at radius 2 is 2.10 bits per heavy atom. The summed E-state index contributed by atoms with van der Waals surface area (Å²) in [6.45, 7) is 0.400. The zero-order chi connectivity index (χ0) is 14.9. The second kappa shape index (κ2) is 5.43. The monoisotopic (exact) mass is 301 g/mol. The molecule has 0 N–H and O–H groups in total. The fraction of sp³-hybridized carbons (Fsp3) is 0.333. The number of hydrogen-bond donors (Lipinski definition) is 0. The predicted octanol–water partition coefficient (Wildman–Crippen LogP) is 2.30. The molecule has 1 saturated heterocycles. The van der Waals surface area contributed by atoms with E-state index in [1.54, 1.807) is 36.5 Å². The molecule has 0 amide bonds. The molecular formula is C15H15N3O2S. The van der Waals surface area contributed by atoms with Gasteiger partial charge in [-0.1, -0.05) is 6.07 Å². The molecule has 2 aromatic rings. The van der Waals surface area contributed by atoms with Crippen molar-refractivity contribution < 1.29 is 8.42 Å². The molecule has 0 saturated carbocycles. The highest BCUT2D eigenvalue weighted by molar-refractivity contribution is 7.89. The Hall–Kier alpha value is -1.97. The lowest BCUT2D eigenvalue weighted by Gasteiger charge is -2.30. The third-order valence-electron chi connectivity index (χ3n) is 3.80. The highest BCUT2D eigenvalue weighted by Crippen LogP contribution is 2.29. The smallest absolute Gasteiger partial charge is 0.244 e. The molecular weight excluding hydrogens is 286 g/mol. The topological polar surface area (TPSA) is 74.1 Å². The summed E-state index contributed by atoms with van der Waals surface area (Å²) >= 11 is 0. The van der Waals surface area contributed by atoms with Gasteiger partial charge in [-0.15, -0.1) is 0 Å². The van der Waals surface area contributed by atoms with Crippen molar-refractivity contribution in [3.8, 4) is 6.07 Å².